The van der Waals surface area contributed by atoms with Gasteiger partial charge in [0, 0.05) is 19.2 Å². The Balaban J connectivity index is 2.41. The largest absolute Gasteiger partial charge is 0.306 e. The van der Waals surface area contributed by atoms with Crippen LogP contribution in [0.1, 0.15) is 35.2 Å². The number of nitrogens with one attached hydrogen (secondary N) is 1. The summed E-state index contributed by atoms with van der Waals surface area (Å²) >= 11 is 11.6. The molecule has 2 aromatic rings. The zero-order chi connectivity index (χ0) is 13.8. The fourth-order valence-corrected chi connectivity index (χ4v) is 3.75. The topological polar surface area (TPSA) is 12.0 Å². The van der Waals surface area contributed by atoms with Gasteiger partial charge in [-0.05, 0) is 48.9 Å². The molecule has 1 atom stereocenters. The summed E-state index contributed by atoms with van der Waals surface area (Å²) in [4.78, 5) is 2.75. The molecular formula is C15H17BrClNS. The van der Waals surface area contributed by atoms with Gasteiger partial charge >= 0.3 is 0 Å². The average Bonchev–Trinajstić information content (AvgIpc) is 2.88. The zero-order valence-electron chi connectivity index (χ0n) is 11.0. The Morgan fingerprint density at radius 2 is 2.05 bits per heavy atom. The molecule has 102 valence electrons. The van der Waals surface area contributed by atoms with Crippen molar-refractivity contribution < 1.29 is 0 Å². The van der Waals surface area contributed by atoms with Gasteiger partial charge < -0.3 is 5.32 Å². The van der Waals surface area contributed by atoms with E-state index in [0.29, 0.717) is 0 Å². The Hall–Kier alpha value is -0.350. The fraction of sp³-hybridized carbons (Fsp3) is 0.333. The van der Waals surface area contributed by atoms with Crippen LogP contribution in [0.15, 0.2) is 34.8 Å². The molecule has 0 bridgehead atoms. The van der Waals surface area contributed by atoms with E-state index in [1.54, 1.807) is 0 Å². The summed E-state index contributed by atoms with van der Waals surface area (Å²) in [6, 6.07) is 10.6. The Morgan fingerprint density at radius 1 is 1.26 bits per heavy atom. The minimum atomic E-state index is 0.198. The lowest BCUT2D eigenvalue weighted by molar-refractivity contribution is 0.637. The van der Waals surface area contributed by atoms with Crippen molar-refractivity contribution in [2.75, 3.05) is 6.54 Å². The van der Waals surface area contributed by atoms with Crippen molar-refractivity contribution >= 4 is 38.9 Å². The highest BCUT2D eigenvalue weighted by molar-refractivity contribution is 9.10. The number of hydrogen-bond donors (Lipinski definition) is 1. The lowest BCUT2D eigenvalue weighted by atomic mass is 10.1. The third kappa shape index (κ3) is 3.60. The number of hydrogen-bond acceptors (Lipinski definition) is 2. The summed E-state index contributed by atoms with van der Waals surface area (Å²) < 4.78 is 1.09. The van der Waals surface area contributed by atoms with Crippen molar-refractivity contribution in [3.8, 4) is 0 Å². The highest BCUT2D eigenvalue weighted by atomic mass is 79.9. The molecule has 0 spiro atoms. The van der Waals surface area contributed by atoms with Crippen LogP contribution >= 0.6 is 38.9 Å². The van der Waals surface area contributed by atoms with Gasteiger partial charge in [0.2, 0.25) is 0 Å². The summed E-state index contributed by atoms with van der Waals surface area (Å²) in [6.45, 7) is 5.23. The standard InChI is InChI=1S/C15H17BrClNS/c1-3-11-6-8-14(19-11)15(18-4-2)12-9-10(17)5-7-13(12)16/h5-9,15,18H,3-4H2,1-2H3. The molecule has 0 fully saturated rings. The quantitative estimate of drug-likeness (QED) is 0.752. The number of halogens is 2. The van der Waals surface area contributed by atoms with Gasteiger partial charge in [-0.25, -0.2) is 0 Å². The van der Waals surface area contributed by atoms with Crippen LogP contribution in [0.4, 0.5) is 0 Å². The smallest absolute Gasteiger partial charge is 0.0682 e. The van der Waals surface area contributed by atoms with E-state index in [-0.39, 0.29) is 6.04 Å². The maximum atomic E-state index is 6.14. The molecule has 0 aliphatic carbocycles. The van der Waals surface area contributed by atoms with Crippen molar-refractivity contribution in [1.29, 1.82) is 0 Å². The molecule has 0 radical (unpaired) electrons. The summed E-state index contributed by atoms with van der Waals surface area (Å²) in [5.41, 5.74) is 1.19. The molecule has 0 saturated heterocycles. The van der Waals surface area contributed by atoms with Crippen LogP contribution in [0.2, 0.25) is 5.02 Å². The Kier molecular flexibility index (Phi) is 5.46. The lowest BCUT2D eigenvalue weighted by Gasteiger charge is -2.18. The van der Waals surface area contributed by atoms with Crippen molar-refractivity contribution in [3.05, 3.63) is 55.1 Å². The molecule has 0 aliphatic heterocycles. The van der Waals surface area contributed by atoms with Crippen LogP contribution in [0, 0.1) is 0 Å². The van der Waals surface area contributed by atoms with Crippen molar-refractivity contribution in [1.82, 2.24) is 5.32 Å². The minimum Gasteiger partial charge on any atom is -0.306 e. The van der Waals surface area contributed by atoms with Crippen molar-refractivity contribution in [2.45, 2.75) is 26.3 Å². The van der Waals surface area contributed by atoms with Crippen LogP contribution in [0.3, 0.4) is 0 Å². The molecule has 0 amide bonds. The third-order valence-electron chi connectivity index (χ3n) is 2.99. The second-order valence-corrected chi connectivity index (χ2v) is 6.80. The van der Waals surface area contributed by atoms with E-state index in [0.717, 1.165) is 22.5 Å². The van der Waals surface area contributed by atoms with E-state index < -0.39 is 0 Å². The highest BCUT2D eigenvalue weighted by Gasteiger charge is 2.18. The first-order valence-corrected chi connectivity index (χ1v) is 8.41. The molecule has 1 heterocycles. The first-order chi connectivity index (χ1) is 9.15. The van der Waals surface area contributed by atoms with Gasteiger partial charge in [0.15, 0.2) is 0 Å². The SMILES string of the molecule is CCNC(c1ccc(CC)s1)c1cc(Cl)ccc1Br. The second kappa shape index (κ2) is 6.89. The molecule has 0 saturated carbocycles. The first-order valence-electron chi connectivity index (χ1n) is 6.42. The summed E-state index contributed by atoms with van der Waals surface area (Å²) in [6.07, 6.45) is 1.08. The summed E-state index contributed by atoms with van der Waals surface area (Å²) in [5.74, 6) is 0. The van der Waals surface area contributed by atoms with Gasteiger partial charge in [-0.2, -0.15) is 0 Å². The second-order valence-electron chi connectivity index (χ2n) is 4.31. The Bertz CT molecular complexity index is 553. The maximum Gasteiger partial charge on any atom is 0.0682 e. The van der Waals surface area contributed by atoms with Crippen molar-refractivity contribution in [2.24, 2.45) is 0 Å². The van der Waals surface area contributed by atoms with E-state index in [9.17, 15) is 0 Å². The number of aryl methyl sites for hydroxylation is 1. The first kappa shape index (κ1) is 15.0. The molecule has 1 nitrogen and oxygen atoms in total. The molecule has 19 heavy (non-hydrogen) atoms. The average molecular weight is 359 g/mol. The molecule has 2 rings (SSSR count). The monoisotopic (exact) mass is 357 g/mol. The highest BCUT2D eigenvalue weighted by Crippen LogP contribution is 2.34. The van der Waals surface area contributed by atoms with E-state index in [1.165, 1.54) is 15.3 Å². The molecule has 4 heteroatoms. The van der Waals surface area contributed by atoms with Gasteiger partial charge in [0.1, 0.15) is 0 Å². The molecule has 1 unspecified atom stereocenters. The van der Waals surface area contributed by atoms with Crippen LogP contribution in [0.25, 0.3) is 0 Å². The number of benzene rings is 1. The van der Waals surface area contributed by atoms with Gasteiger partial charge in [-0.15, -0.1) is 11.3 Å². The third-order valence-corrected chi connectivity index (χ3v) is 5.24. The van der Waals surface area contributed by atoms with E-state index in [4.69, 9.17) is 11.6 Å². The van der Waals surface area contributed by atoms with Crippen molar-refractivity contribution in [3.63, 3.8) is 0 Å². The number of thiophene rings is 1. The van der Waals surface area contributed by atoms with E-state index in [1.807, 2.05) is 29.5 Å². The maximum absolute atomic E-state index is 6.14. The van der Waals surface area contributed by atoms with Gasteiger partial charge in [-0.3, -0.25) is 0 Å². The Labute approximate surface area is 132 Å². The lowest BCUT2D eigenvalue weighted by Crippen LogP contribution is -2.21. The minimum absolute atomic E-state index is 0.198. The van der Waals surface area contributed by atoms with Gasteiger partial charge in [-0.1, -0.05) is 41.4 Å². The van der Waals surface area contributed by atoms with Crippen LogP contribution in [-0.4, -0.2) is 6.54 Å². The number of rotatable bonds is 5. The molecular weight excluding hydrogens is 342 g/mol. The predicted octanol–water partition coefficient (Wildman–Crippen LogP) is 5.43. The van der Waals surface area contributed by atoms with Crippen LogP contribution < -0.4 is 5.32 Å². The van der Waals surface area contributed by atoms with Crippen LogP contribution in [-0.2, 0) is 6.42 Å². The summed E-state index contributed by atoms with van der Waals surface area (Å²) in [5, 5.41) is 4.31. The fourth-order valence-electron chi connectivity index (χ4n) is 2.04. The van der Waals surface area contributed by atoms with Crippen LogP contribution in [0.5, 0.6) is 0 Å². The van der Waals surface area contributed by atoms with Gasteiger partial charge in [0.05, 0.1) is 6.04 Å². The Morgan fingerprint density at radius 3 is 2.68 bits per heavy atom. The van der Waals surface area contributed by atoms with Gasteiger partial charge in [0.25, 0.3) is 0 Å². The molecule has 1 aromatic carbocycles. The predicted molar refractivity (Wildman–Crippen MR) is 88.4 cm³/mol. The molecule has 1 N–H and O–H groups in total. The zero-order valence-corrected chi connectivity index (χ0v) is 14.2. The normalized spacial score (nSPS) is 12.6. The van der Waals surface area contributed by atoms with E-state index in [2.05, 4.69) is 47.2 Å². The van der Waals surface area contributed by atoms with E-state index >= 15 is 0 Å². The summed E-state index contributed by atoms with van der Waals surface area (Å²) in [7, 11) is 0. The molecule has 1 aromatic heterocycles. The molecule has 0 aliphatic rings.